The molecular formula is C15H16O10. The zero-order valence-corrected chi connectivity index (χ0v) is 14.2. The highest BCUT2D eigenvalue weighted by atomic mass is 16.5. The number of carbonyl (C=O) groups is 5. The largest absolute Gasteiger partial charge is 0.468 e. The number of ether oxygens (including phenoxy) is 5. The third kappa shape index (κ3) is 3.37. The summed E-state index contributed by atoms with van der Waals surface area (Å²) in [5, 5.41) is 0. The molecule has 0 aliphatic heterocycles. The van der Waals surface area contributed by atoms with E-state index in [1.54, 1.807) is 0 Å². The quantitative estimate of drug-likeness (QED) is 0.450. The van der Waals surface area contributed by atoms with Crippen LogP contribution in [0.15, 0.2) is 22.3 Å². The SMILES string of the molecule is COC(=O)C1=C(C(=O)OC)C(C(=O)OC)C(C(=O)OC)=C1C(=O)OC. The summed E-state index contributed by atoms with van der Waals surface area (Å²) in [5.74, 6) is -7.34. The summed E-state index contributed by atoms with van der Waals surface area (Å²) in [4.78, 5) is 60.8. The van der Waals surface area contributed by atoms with Crippen LogP contribution in [0.1, 0.15) is 0 Å². The molecule has 10 nitrogen and oxygen atoms in total. The zero-order valence-electron chi connectivity index (χ0n) is 14.2. The fourth-order valence-corrected chi connectivity index (χ4v) is 2.34. The summed E-state index contributed by atoms with van der Waals surface area (Å²) in [6, 6.07) is 0. The second-order valence-corrected chi connectivity index (χ2v) is 4.50. The smallest absolute Gasteiger partial charge is 0.339 e. The number of rotatable bonds is 5. The molecule has 1 rings (SSSR count). The number of hydrogen-bond acceptors (Lipinski definition) is 10. The monoisotopic (exact) mass is 356 g/mol. The van der Waals surface area contributed by atoms with Crippen molar-refractivity contribution < 1.29 is 47.7 Å². The van der Waals surface area contributed by atoms with Gasteiger partial charge < -0.3 is 23.7 Å². The molecule has 1 aliphatic carbocycles. The number of carbonyl (C=O) groups excluding carboxylic acids is 5. The van der Waals surface area contributed by atoms with E-state index in [-0.39, 0.29) is 0 Å². The molecule has 0 atom stereocenters. The van der Waals surface area contributed by atoms with E-state index in [1.807, 2.05) is 0 Å². The molecule has 0 saturated heterocycles. The average Bonchev–Trinajstić information content (AvgIpc) is 3.00. The van der Waals surface area contributed by atoms with Crippen molar-refractivity contribution in [2.24, 2.45) is 5.92 Å². The predicted molar refractivity (Wildman–Crippen MR) is 77.6 cm³/mol. The molecule has 0 aromatic rings. The molecule has 0 aromatic carbocycles. The Labute approximate surface area is 142 Å². The third-order valence-corrected chi connectivity index (χ3v) is 3.39. The van der Waals surface area contributed by atoms with Crippen LogP contribution in [0.3, 0.4) is 0 Å². The first-order valence-corrected chi connectivity index (χ1v) is 6.70. The van der Waals surface area contributed by atoms with Crippen molar-refractivity contribution in [2.75, 3.05) is 35.5 Å². The lowest BCUT2D eigenvalue weighted by molar-refractivity contribution is -0.148. The van der Waals surface area contributed by atoms with Gasteiger partial charge in [0.15, 0.2) is 0 Å². The van der Waals surface area contributed by atoms with Gasteiger partial charge in [-0.15, -0.1) is 0 Å². The maximum atomic E-state index is 12.2. The normalized spacial score (nSPS) is 14.1. The van der Waals surface area contributed by atoms with Gasteiger partial charge in [-0.1, -0.05) is 0 Å². The fraction of sp³-hybridized carbons (Fsp3) is 0.400. The molecule has 0 aromatic heterocycles. The highest BCUT2D eigenvalue weighted by molar-refractivity contribution is 6.21. The second kappa shape index (κ2) is 8.08. The number of esters is 5. The topological polar surface area (TPSA) is 132 Å². The summed E-state index contributed by atoms with van der Waals surface area (Å²) in [6.07, 6.45) is 0. The number of methoxy groups -OCH3 is 5. The van der Waals surface area contributed by atoms with Crippen molar-refractivity contribution >= 4 is 29.8 Å². The minimum atomic E-state index is -1.71. The molecule has 0 amide bonds. The Bertz CT molecular complexity index is 645. The van der Waals surface area contributed by atoms with E-state index >= 15 is 0 Å². The first kappa shape index (κ1) is 19.9. The summed E-state index contributed by atoms with van der Waals surface area (Å²) in [6.45, 7) is 0. The minimum absolute atomic E-state index is 0.581. The van der Waals surface area contributed by atoms with E-state index in [4.69, 9.17) is 0 Å². The zero-order chi connectivity index (χ0) is 19.3. The highest BCUT2D eigenvalue weighted by Crippen LogP contribution is 2.40. The lowest BCUT2D eigenvalue weighted by Crippen LogP contribution is -2.28. The Morgan fingerprint density at radius 1 is 0.560 bits per heavy atom. The second-order valence-electron chi connectivity index (χ2n) is 4.50. The summed E-state index contributed by atoms with van der Waals surface area (Å²) >= 11 is 0. The minimum Gasteiger partial charge on any atom is -0.468 e. The van der Waals surface area contributed by atoms with Crippen LogP contribution < -0.4 is 0 Å². The highest BCUT2D eigenvalue weighted by Gasteiger charge is 2.51. The Morgan fingerprint density at radius 3 is 1.12 bits per heavy atom. The van der Waals surface area contributed by atoms with Crippen LogP contribution in [0.2, 0.25) is 0 Å². The van der Waals surface area contributed by atoms with Crippen LogP contribution in [0, 0.1) is 5.92 Å². The van der Waals surface area contributed by atoms with Crippen molar-refractivity contribution in [2.45, 2.75) is 0 Å². The van der Waals surface area contributed by atoms with E-state index in [0.717, 1.165) is 35.5 Å². The summed E-state index contributed by atoms with van der Waals surface area (Å²) in [7, 11) is 4.96. The lowest BCUT2D eigenvalue weighted by atomic mass is 9.94. The average molecular weight is 356 g/mol. The third-order valence-electron chi connectivity index (χ3n) is 3.39. The van der Waals surface area contributed by atoms with E-state index in [9.17, 15) is 24.0 Å². The van der Waals surface area contributed by atoms with E-state index in [1.165, 1.54) is 0 Å². The maximum absolute atomic E-state index is 12.2. The van der Waals surface area contributed by atoms with Crippen LogP contribution in [0.25, 0.3) is 0 Å². The van der Waals surface area contributed by atoms with Crippen molar-refractivity contribution in [1.82, 2.24) is 0 Å². The van der Waals surface area contributed by atoms with Crippen LogP contribution in [-0.2, 0) is 47.7 Å². The van der Waals surface area contributed by atoms with Crippen LogP contribution in [-0.4, -0.2) is 65.4 Å². The Balaban J connectivity index is 3.93. The van der Waals surface area contributed by atoms with Gasteiger partial charge in [-0.25, -0.2) is 19.2 Å². The molecular weight excluding hydrogens is 340 g/mol. The molecule has 0 saturated carbocycles. The number of hydrogen-bond donors (Lipinski definition) is 0. The molecule has 136 valence electrons. The van der Waals surface area contributed by atoms with Crippen molar-refractivity contribution in [3.63, 3.8) is 0 Å². The van der Waals surface area contributed by atoms with Gasteiger partial charge in [-0.2, -0.15) is 0 Å². The van der Waals surface area contributed by atoms with Gasteiger partial charge in [-0.3, -0.25) is 4.79 Å². The first-order valence-electron chi connectivity index (χ1n) is 6.70. The molecule has 0 heterocycles. The predicted octanol–water partition coefficient (Wildman–Crippen LogP) is -0.926. The Hall–Kier alpha value is -3.17. The van der Waals surface area contributed by atoms with Crippen LogP contribution in [0.5, 0.6) is 0 Å². The molecule has 25 heavy (non-hydrogen) atoms. The Morgan fingerprint density at radius 2 is 0.880 bits per heavy atom. The Kier molecular flexibility index (Phi) is 6.43. The van der Waals surface area contributed by atoms with Gasteiger partial charge in [0.1, 0.15) is 5.92 Å². The molecule has 0 spiro atoms. The molecule has 0 bridgehead atoms. The molecule has 0 unspecified atom stereocenters. The van der Waals surface area contributed by atoms with Gasteiger partial charge in [0.05, 0.1) is 57.8 Å². The van der Waals surface area contributed by atoms with Crippen LogP contribution >= 0.6 is 0 Å². The van der Waals surface area contributed by atoms with Gasteiger partial charge >= 0.3 is 29.8 Å². The first-order chi connectivity index (χ1) is 11.8. The molecule has 0 radical (unpaired) electrons. The van der Waals surface area contributed by atoms with Crippen molar-refractivity contribution in [3.8, 4) is 0 Å². The van der Waals surface area contributed by atoms with E-state index < -0.39 is 58.1 Å². The van der Waals surface area contributed by atoms with Crippen molar-refractivity contribution in [3.05, 3.63) is 22.3 Å². The standard InChI is InChI=1S/C15H16O10/c1-21-11(16)6-7(12(17)22-2)9(14(19)24-4)10(15(20)25-5)8(6)13(18)23-3/h6H,1-5H3. The van der Waals surface area contributed by atoms with Crippen molar-refractivity contribution in [1.29, 1.82) is 0 Å². The van der Waals surface area contributed by atoms with Gasteiger partial charge in [0.25, 0.3) is 0 Å². The fourth-order valence-electron chi connectivity index (χ4n) is 2.34. The summed E-state index contributed by atoms with van der Waals surface area (Å²) in [5.41, 5.74) is -2.42. The van der Waals surface area contributed by atoms with E-state index in [2.05, 4.69) is 23.7 Å². The lowest BCUT2D eigenvalue weighted by Gasteiger charge is -2.14. The van der Waals surface area contributed by atoms with Gasteiger partial charge in [-0.05, 0) is 0 Å². The van der Waals surface area contributed by atoms with Gasteiger partial charge in [0.2, 0.25) is 0 Å². The van der Waals surface area contributed by atoms with E-state index in [0.29, 0.717) is 0 Å². The van der Waals surface area contributed by atoms with Gasteiger partial charge in [0, 0.05) is 0 Å². The molecule has 10 heteroatoms. The molecule has 0 N–H and O–H groups in total. The van der Waals surface area contributed by atoms with Crippen LogP contribution in [0.4, 0.5) is 0 Å². The molecule has 0 fully saturated rings. The maximum Gasteiger partial charge on any atom is 0.339 e. The molecule has 1 aliphatic rings. The summed E-state index contributed by atoms with van der Waals surface area (Å²) < 4.78 is 22.8.